The molecule has 0 aliphatic carbocycles. The molecule has 4 heteroatoms. The summed E-state index contributed by atoms with van der Waals surface area (Å²) in [6.45, 7) is 4.56. The lowest BCUT2D eigenvalue weighted by molar-refractivity contribution is -0.137. The maximum absolute atomic E-state index is 11.4. The monoisotopic (exact) mass is 220 g/mol. The molecule has 0 spiro atoms. The largest absolute Gasteiger partial charge is 0.454 e. The molecule has 1 aromatic carbocycles. The molecule has 16 heavy (non-hydrogen) atoms. The molecular formula is C12H12O4. The second-order valence-corrected chi connectivity index (χ2v) is 3.07. The lowest BCUT2D eigenvalue weighted by Gasteiger charge is -2.06. The second-order valence-electron chi connectivity index (χ2n) is 3.07. The number of hydrogen-bond donors (Lipinski definition) is 0. The minimum absolute atomic E-state index is 0.108. The van der Waals surface area contributed by atoms with Crippen molar-refractivity contribution in [3.05, 3.63) is 48.2 Å². The summed E-state index contributed by atoms with van der Waals surface area (Å²) < 4.78 is 9.50. The Morgan fingerprint density at radius 1 is 1.25 bits per heavy atom. The third-order valence-corrected chi connectivity index (χ3v) is 1.66. The lowest BCUT2D eigenvalue weighted by Crippen LogP contribution is -2.10. The predicted octanol–water partition coefficient (Wildman–Crippen LogP) is 1.92. The third kappa shape index (κ3) is 3.96. The van der Waals surface area contributed by atoms with E-state index in [2.05, 4.69) is 11.3 Å². The highest BCUT2D eigenvalue weighted by Gasteiger charge is 2.07. The predicted molar refractivity (Wildman–Crippen MR) is 57.6 cm³/mol. The van der Waals surface area contributed by atoms with Gasteiger partial charge in [-0.05, 0) is 12.1 Å². The highest BCUT2D eigenvalue weighted by atomic mass is 16.6. The first-order valence-electron chi connectivity index (χ1n) is 4.68. The van der Waals surface area contributed by atoms with Crippen LogP contribution in [0.25, 0.3) is 0 Å². The SMILES string of the molecule is C=C(COC(=O)c1ccccc1)OC(C)=O. The Morgan fingerprint density at radius 3 is 2.44 bits per heavy atom. The summed E-state index contributed by atoms with van der Waals surface area (Å²) in [7, 11) is 0. The molecule has 0 saturated carbocycles. The highest BCUT2D eigenvalue weighted by Crippen LogP contribution is 2.03. The molecule has 0 unspecified atom stereocenters. The van der Waals surface area contributed by atoms with Gasteiger partial charge in [0.15, 0.2) is 0 Å². The van der Waals surface area contributed by atoms with Crippen LogP contribution in [-0.4, -0.2) is 18.5 Å². The standard InChI is InChI=1S/C12H12O4/c1-9(16-10(2)13)8-15-12(14)11-6-4-3-5-7-11/h3-7H,1,8H2,2H3. The number of esters is 2. The minimum Gasteiger partial charge on any atom is -0.454 e. The molecule has 0 atom stereocenters. The van der Waals surface area contributed by atoms with Gasteiger partial charge < -0.3 is 9.47 Å². The molecule has 0 aliphatic heterocycles. The number of hydrogen-bond acceptors (Lipinski definition) is 4. The Hall–Kier alpha value is -2.10. The number of carbonyl (C=O) groups excluding carboxylic acids is 2. The Morgan fingerprint density at radius 2 is 1.88 bits per heavy atom. The van der Waals surface area contributed by atoms with Gasteiger partial charge in [-0.1, -0.05) is 24.8 Å². The summed E-state index contributed by atoms with van der Waals surface area (Å²) in [5.41, 5.74) is 0.443. The molecule has 0 N–H and O–H groups in total. The third-order valence-electron chi connectivity index (χ3n) is 1.66. The zero-order valence-electron chi connectivity index (χ0n) is 8.93. The summed E-state index contributed by atoms with van der Waals surface area (Å²) >= 11 is 0. The fourth-order valence-corrected chi connectivity index (χ4v) is 1.04. The van der Waals surface area contributed by atoms with Gasteiger partial charge in [0.05, 0.1) is 5.56 Å². The van der Waals surface area contributed by atoms with Gasteiger partial charge in [0.2, 0.25) is 0 Å². The van der Waals surface area contributed by atoms with Crippen molar-refractivity contribution < 1.29 is 19.1 Å². The summed E-state index contributed by atoms with van der Waals surface area (Å²) in [5.74, 6) is -0.855. The molecular weight excluding hydrogens is 208 g/mol. The van der Waals surface area contributed by atoms with Crippen LogP contribution in [-0.2, 0) is 14.3 Å². The first-order valence-corrected chi connectivity index (χ1v) is 4.68. The number of benzene rings is 1. The molecule has 0 radical (unpaired) electrons. The Labute approximate surface area is 93.5 Å². The Bertz CT molecular complexity index is 395. The van der Waals surface area contributed by atoms with Crippen LogP contribution in [0.3, 0.4) is 0 Å². The van der Waals surface area contributed by atoms with Crippen molar-refractivity contribution in [3.8, 4) is 0 Å². The van der Waals surface area contributed by atoms with Crippen molar-refractivity contribution in [1.29, 1.82) is 0 Å². The van der Waals surface area contributed by atoms with Crippen molar-refractivity contribution in [1.82, 2.24) is 0 Å². The number of rotatable bonds is 4. The van der Waals surface area contributed by atoms with Crippen LogP contribution < -0.4 is 0 Å². The Kier molecular flexibility index (Phi) is 4.27. The molecule has 0 bridgehead atoms. The second kappa shape index (κ2) is 5.70. The smallest absolute Gasteiger partial charge is 0.338 e. The van der Waals surface area contributed by atoms with E-state index in [1.807, 2.05) is 0 Å². The fraction of sp³-hybridized carbons (Fsp3) is 0.167. The van der Waals surface area contributed by atoms with Gasteiger partial charge in [-0.3, -0.25) is 4.79 Å². The number of carbonyl (C=O) groups is 2. The van der Waals surface area contributed by atoms with Gasteiger partial charge in [0, 0.05) is 6.92 Å². The molecule has 0 aliphatic rings. The van der Waals surface area contributed by atoms with E-state index in [-0.39, 0.29) is 12.4 Å². The molecule has 0 heterocycles. The van der Waals surface area contributed by atoms with Crippen LogP contribution in [0.5, 0.6) is 0 Å². The van der Waals surface area contributed by atoms with Gasteiger partial charge in [0.1, 0.15) is 12.4 Å². The van der Waals surface area contributed by atoms with Crippen LogP contribution in [0.2, 0.25) is 0 Å². The molecule has 0 amide bonds. The number of ether oxygens (including phenoxy) is 2. The van der Waals surface area contributed by atoms with Crippen molar-refractivity contribution in [2.75, 3.05) is 6.61 Å². The van der Waals surface area contributed by atoms with Crippen molar-refractivity contribution in [2.45, 2.75) is 6.92 Å². The maximum Gasteiger partial charge on any atom is 0.338 e. The molecule has 0 fully saturated rings. The maximum atomic E-state index is 11.4. The lowest BCUT2D eigenvalue weighted by atomic mass is 10.2. The van der Waals surface area contributed by atoms with Crippen LogP contribution in [0.15, 0.2) is 42.7 Å². The van der Waals surface area contributed by atoms with E-state index in [1.165, 1.54) is 6.92 Å². The molecule has 1 rings (SSSR count). The van der Waals surface area contributed by atoms with E-state index in [1.54, 1.807) is 30.3 Å². The molecule has 84 valence electrons. The minimum atomic E-state index is -0.485. The van der Waals surface area contributed by atoms with E-state index >= 15 is 0 Å². The summed E-state index contributed by atoms with van der Waals surface area (Å²) in [5, 5.41) is 0. The van der Waals surface area contributed by atoms with E-state index in [0.717, 1.165) is 0 Å². The van der Waals surface area contributed by atoms with E-state index < -0.39 is 11.9 Å². The van der Waals surface area contributed by atoms with Gasteiger partial charge in [-0.2, -0.15) is 0 Å². The summed E-state index contributed by atoms with van der Waals surface area (Å²) in [4.78, 5) is 22.0. The van der Waals surface area contributed by atoms with Crippen LogP contribution in [0, 0.1) is 0 Å². The van der Waals surface area contributed by atoms with Gasteiger partial charge in [-0.25, -0.2) is 4.79 Å². The van der Waals surface area contributed by atoms with E-state index in [0.29, 0.717) is 5.56 Å². The zero-order valence-corrected chi connectivity index (χ0v) is 8.93. The molecule has 0 aromatic heterocycles. The average Bonchev–Trinajstić information content (AvgIpc) is 2.26. The zero-order chi connectivity index (χ0) is 12.0. The van der Waals surface area contributed by atoms with Crippen molar-refractivity contribution in [2.24, 2.45) is 0 Å². The van der Waals surface area contributed by atoms with E-state index in [9.17, 15) is 9.59 Å². The van der Waals surface area contributed by atoms with Gasteiger partial charge >= 0.3 is 11.9 Å². The summed E-state index contributed by atoms with van der Waals surface area (Å²) in [6.07, 6.45) is 0. The normalized spacial score (nSPS) is 9.31. The highest BCUT2D eigenvalue weighted by molar-refractivity contribution is 5.89. The van der Waals surface area contributed by atoms with Crippen LogP contribution in [0.4, 0.5) is 0 Å². The molecule has 4 nitrogen and oxygen atoms in total. The first kappa shape index (κ1) is 12.0. The average molecular weight is 220 g/mol. The molecule has 1 aromatic rings. The first-order chi connectivity index (χ1) is 7.59. The van der Waals surface area contributed by atoms with Crippen LogP contribution in [0.1, 0.15) is 17.3 Å². The fourth-order valence-electron chi connectivity index (χ4n) is 1.04. The van der Waals surface area contributed by atoms with E-state index in [4.69, 9.17) is 4.74 Å². The van der Waals surface area contributed by atoms with Gasteiger partial charge in [0.25, 0.3) is 0 Å². The van der Waals surface area contributed by atoms with Crippen LogP contribution >= 0.6 is 0 Å². The summed E-state index contributed by atoms with van der Waals surface area (Å²) in [6, 6.07) is 8.54. The van der Waals surface area contributed by atoms with Gasteiger partial charge in [-0.15, -0.1) is 0 Å². The van der Waals surface area contributed by atoms with Crippen molar-refractivity contribution in [3.63, 3.8) is 0 Å². The topological polar surface area (TPSA) is 52.6 Å². The quantitative estimate of drug-likeness (QED) is 0.574. The van der Waals surface area contributed by atoms with Crippen molar-refractivity contribution >= 4 is 11.9 Å². The molecule has 0 saturated heterocycles. The Balaban J connectivity index is 2.42.